The van der Waals surface area contributed by atoms with Crippen molar-refractivity contribution in [1.29, 1.82) is 0 Å². The van der Waals surface area contributed by atoms with Crippen molar-refractivity contribution in [2.75, 3.05) is 19.7 Å². The van der Waals surface area contributed by atoms with E-state index >= 15 is 0 Å². The van der Waals surface area contributed by atoms with E-state index in [0.717, 1.165) is 54.0 Å². The maximum Gasteiger partial charge on any atom is 0.338 e. The number of nitrogens with one attached hydrogen (secondary N) is 2. The predicted octanol–water partition coefficient (Wildman–Crippen LogP) is 3.86. The molecule has 186 valence electrons. The van der Waals surface area contributed by atoms with E-state index in [1.807, 2.05) is 43.3 Å². The molecule has 36 heavy (non-hydrogen) atoms. The highest BCUT2D eigenvalue weighted by atomic mass is 16.5. The third-order valence-corrected chi connectivity index (χ3v) is 6.96. The lowest BCUT2D eigenvalue weighted by Crippen LogP contribution is -2.18. The van der Waals surface area contributed by atoms with E-state index in [-0.39, 0.29) is 11.7 Å². The van der Waals surface area contributed by atoms with Gasteiger partial charge in [-0.15, -0.1) is 0 Å². The number of aromatic nitrogens is 4. The number of hydrogen-bond donors (Lipinski definition) is 2. The van der Waals surface area contributed by atoms with Gasteiger partial charge < -0.3 is 15.0 Å². The SMILES string of the molecule is CCOC(=O)c1cccc(-c2cccc(Cn3c(=O)[nH]c4cnc(CC[C@@H]5CCNC5)nc43)c2C)c1. The van der Waals surface area contributed by atoms with Gasteiger partial charge in [-0.3, -0.25) is 4.57 Å². The average molecular weight is 486 g/mol. The Morgan fingerprint density at radius 3 is 2.89 bits per heavy atom. The van der Waals surface area contributed by atoms with Crippen LogP contribution in [0.4, 0.5) is 0 Å². The molecule has 2 N–H and O–H groups in total. The molecular weight excluding hydrogens is 454 g/mol. The molecule has 0 bridgehead atoms. The quantitative estimate of drug-likeness (QED) is 0.368. The number of benzene rings is 2. The Balaban J connectivity index is 1.43. The molecule has 1 saturated heterocycles. The highest BCUT2D eigenvalue weighted by Crippen LogP contribution is 2.27. The molecule has 0 unspecified atom stereocenters. The number of rotatable bonds is 8. The van der Waals surface area contributed by atoms with E-state index in [4.69, 9.17) is 9.72 Å². The summed E-state index contributed by atoms with van der Waals surface area (Å²) in [5.41, 5.74) is 5.57. The van der Waals surface area contributed by atoms with Crippen LogP contribution in [0.25, 0.3) is 22.3 Å². The summed E-state index contributed by atoms with van der Waals surface area (Å²) < 4.78 is 6.84. The molecule has 0 spiro atoms. The van der Waals surface area contributed by atoms with Gasteiger partial charge in [0.1, 0.15) is 11.3 Å². The molecular formula is C28H31N5O3. The first kappa shape index (κ1) is 23.9. The molecule has 1 aliphatic rings. The van der Waals surface area contributed by atoms with E-state index in [2.05, 4.69) is 15.3 Å². The van der Waals surface area contributed by atoms with Gasteiger partial charge >= 0.3 is 11.7 Å². The van der Waals surface area contributed by atoms with E-state index in [1.165, 1.54) is 6.42 Å². The van der Waals surface area contributed by atoms with Gasteiger partial charge in [0.2, 0.25) is 0 Å². The number of carbonyl (C=O) groups is 1. The van der Waals surface area contributed by atoms with Gasteiger partial charge in [-0.25, -0.2) is 19.6 Å². The van der Waals surface area contributed by atoms with Crippen molar-refractivity contribution < 1.29 is 9.53 Å². The van der Waals surface area contributed by atoms with Crippen LogP contribution in [0.1, 0.15) is 47.1 Å². The van der Waals surface area contributed by atoms with Gasteiger partial charge in [0.05, 0.1) is 24.9 Å². The lowest BCUT2D eigenvalue weighted by Gasteiger charge is -2.13. The molecule has 5 rings (SSSR count). The van der Waals surface area contributed by atoms with Gasteiger partial charge in [0.25, 0.3) is 0 Å². The minimum Gasteiger partial charge on any atom is -0.462 e. The molecule has 1 atom stereocenters. The number of fused-ring (bicyclic) bond motifs is 1. The van der Waals surface area contributed by atoms with Crippen molar-refractivity contribution in [2.45, 2.75) is 39.7 Å². The number of aryl methyl sites for hydroxylation is 1. The van der Waals surface area contributed by atoms with Crippen molar-refractivity contribution in [2.24, 2.45) is 5.92 Å². The van der Waals surface area contributed by atoms with Crippen LogP contribution in [0.3, 0.4) is 0 Å². The Kier molecular flexibility index (Phi) is 6.95. The lowest BCUT2D eigenvalue weighted by atomic mass is 9.95. The normalized spacial score (nSPS) is 15.4. The lowest BCUT2D eigenvalue weighted by molar-refractivity contribution is 0.0526. The largest absolute Gasteiger partial charge is 0.462 e. The number of H-pyrrole nitrogens is 1. The van der Waals surface area contributed by atoms with Gasteiger partial charge in [0, 0.05) is 6.42 Å². The van der Waals surface area contributed by atoms with E-state index < -0.39 is 0 Å². The van der Waals surface area contributed by atoms with Crippen LogP contribution in [0.5, 0.6) is 0 Å². The summed E-state index contributed by atoms with van der Waals surface area (Å²) >= 11 is 0. The van der Waals surface area contributed by atoms with Crippen molar-refractivity contribution in [3.05, 3.63) is 81.7 Å². The second kappa shape index (κ2) is 10.5. The Morgan fingerprint density at radius 1 is 1.22 bits per heavy atom. The summed E-state index contributed by atoms with van der Waals surface area (Å²) in [7, 11) is 0. The number of ether oxygens (including phenoxy) is 1. The van der Waals surface area contributed by atoms with Crippen LogP contribution in [0.15, 0.2) is 53.5 Å². The molecule has 8 heteroatoms. The molecule has 3 heterocycles. The molecule has 8 nitrogen and oxygen atoms in total. The third-order valence-electron chi connectivity index (χ3n) is 6.96. The molecule has 1 aliphatic heterocycles. The van der Waals surface area contributed by atoms with Crippen molar-refractivity contribution >= 4 is 17.1 Å². The highest BCUT2D eigenvalue weighted by Gasteiger charge is 2.17. The van der Waals surface area contributed by atoms with Crippen LogP contribution < -0.4 is 11.0 Å². The molecule has 0 amide bonds. The minimum atomic E-state index is -0.335. The number of hydrogen-bond acceptors (Lipinski definition) is 6. The second-order valence-corrected chi connectivity index (χ2v) is 9.33. The number of nitrogens with zero attached hydrogens (tertiary/aromatic N) is 3. The van der Waals surface area contributed by atoms with Gasteiger partial charge in [-0.1, -0.05) is 30.3 Å². The zero-order valence-electron chi connectivity index (χ0n) is 20.7. The molecule has 1 fully saturated rings. The fourth-order valence-corrected chi connectivity index (χ4v) is 4.91. The predicted molar refractivity (Wildman–Crippen MR) is 139 cm³/mol. The molecule has 4 aromatic rings. The summed E-state index contributed by atoms with van der Waals surface area (Å²) in [5, 5.41) is 3.40. The van der Waals surface area contributed by atoms with Crippen molar-refractivity contribution in [1.82, 2.24) is 24.8 Å². The summed E-state index contributed by atoms with van der Waals surface area (Å²) in [5.74, 6) is 1.09. The third kappa shape index (κ3) is 4.95. The number of aromatic amines is 1. The zero-order valence-corrected chi connectivity index (χ0v) is 20.7. The maximum absolute atomic E-state index is 12.8. The molecule has 0 radical (unpaired) electrons. The first-order valence-electron chi connectivity index (χ1n) is 12.5. The summed E-state index contributed by atoms with van der Waals surface area (Å²) in [6.07, 6.45) is 4.74. The van der Waals surface area contributed by atoms with E-state index in [1.54, 1.807) is 23.8 Å². The second-order valence-electron chi connectivity index (χ2n) is 9.33. The Bertz CT molecular complexity index is 1450. The number of esters is 1. The van der Waals surface area contributed by atoms with Crippen LogP contribution in [0, 0.1) is 12.8 Å². The summed E-state index contributed by atoms with van der Waals surface area (Å²) in [6.45, 7) is 6.68. The molecule has 2 aromatic carbocycles. The average Bonchev–Trinajstić information content (AvgIpc) is 3.52. The topological polar surface area (TPSA) is 102 Å². The van der Waals surface area contributed by atoms with Gasteiger partial charge in [0.15, 0.2) is 5.65 Å². The van der Waals surface area contributed by atoms with Crippen molar-refractivity contribution in [3.8, 4) is 11.1 Å². The fraction of sp³-hybridized carbons (Fsp3) is 0.357. The number of carbonyl (C=O) groups excluding carboxylic acids is 1. The maximum atomic E-state index is 12.8. The standard InChI is InChI=1S/C28H31N5O3/c1-3-36-27(34)21-7-4-6-20(14-21)23-9-5-8-22(18(23)2)17-33-26-24(31-28(33)35)16-30-25(32-26)11-10-19-12-13-29-15-19/h4-9,14,16,19,29H,3,10-13,15,17H2,1-2H3,(H,31,35)/t19-/m1/s1. The van der Waals surface area contributed by atoms with Crippen LogP contribution in [-0.2, 0) is 17.7 Å². The van der Waals surface area contributed by atoms with Crippen LogP contribution in [-0.4, -0.2) is 45.2 Å². The highest BCUT2D eigenvalue weighted by molar-refractivity contribution is 5.91. The van der Waals surface area contributed by atoms with Gasteiger partial charge in [-0.05, 0) is 80.1 Å². The van der Waals surface area contributed by atoms with E-state index in [9.17, 15) is 9.59 Å². The molecule has 0 aliphatic carbocycles. The van der Waals surface area contributed by atoms with Gasteiger partial charge in [-0.2, -0.15) is 0 Å². The van der Waals surface area contributed by atoms with Crippen LogP contribution in [0.2, 0.25) is 0 Å². The Hall–Kier alpha value is -3.78. The Morgan fingerprint density at radius 2 is 2.08 bits per heavy atom. The molecule has 0 saturated carbocycles. The first-order chi connectivity index (χ1) is 17.5. The fourth-order valence-electron chi connectivity index (χ4n) is 4.91. The first-order valence-corrected chi connectivity index (χ1v) is 12.5. The monoisotopic (exact) mass is 485 g/mol. The smallest absolute Gasteiger partial charge is 0.338 e. The minimum absolute atomic E-state index is 0.203. The van der Waals surface area contributed by atoms with Crippen molar-refractivity contribution in [3.63, 3.8) is 0 Å². The summed E-state index contributed by atoms with van der Waals surface area (Å²) in [4.78, 5) is 37.2. The zero-order chi connectivity index (χ0) is 25.1. The number of imidazole rings is 1. The summed E-state index contributed by atoms with van der Waals surface area (Å²) in [6, 6.07) is 13.5. The molecule has 2 aromatic heterocycles. The Labute approximate surface area is 209 Å². The van der Waals surface area contributed by atoms with Crippen LogP contribution >= 0.6 is 0 Å². The van der Waals surface area contributed by atoms with E-state index in [0.29, 0.717) is 35.8 Å².